The minimum atomic E-state index is -1.25. The van der Waals surface area contributed by atoms with Crippen LogP contribution in [0, 0.1) is 11.8 Å². The Morgan fingerprint density at radius 3 is 2.58 bits per heavy atom. The van der Waals surface area contributed by atoms with Crippen molar-refractivity contribution in [3.63, 3.8) is 0 Å². The van der Waals surface area contributed by atoms with E-state index in [1.165, 1.54) is 30.0 Å². The summed E-state index contributed by atoms with van der Waals surface area (Å²) in [5.74, 6) is -4.29. The number of aliphatic hydroxyl groups excluding tert-OH is 1. The van der Waals surface area contributed by atoms with E-state index in [1.54, 1.807) is 13.0 Å². The van der Waals surface area contributed by atoms with Crippen molar-refractivity contribution in [3.05, 3.63) is 41.1 Å². The molecule has 0 aromatic heterocycles. The van der Waals surface area contributed by atoms with Crippen LogP contribution in [0.25, 0.3) is 0 Å². The van der Waals surface area contributed by atoms with E-state index in [0.717, 1.165) is 0 Å². The predicted octanol–water partition coefficient (Wildman–Crippen LogP) is 0.550. The topological polar surface area (TPSA) is 156 Å². The lowest BCUT2D eigenvalue weighted by Crippen LogP contribution is -2.67. The minimum absolute atomic E-state index is 0.0416. The summed E-state index contributed by atoms with van der Waals surface area (Å²) in [6.07, 6.45) is -0.665. The maximum absolute atomic E-state index is 12.8. The number of thiol groups is 1. The van der Waals surface area contributed by atoms with Crippen molar-refractivity contribution in [2.45, 2.75) is 43.2 Å². The number of carboxylic acids is 2. The number of carbonyl (C=O) groups is 4. The van der Waals surface area contributed by atoms with Crippen molar-refractivity contribution in [2.75, 3.05) is 11.9 Å². The predicted molar refractivity (Wildman–Crippen MR) is 120 cm³/mol. The Hall–Kier alpha value is -2.89. The fourth-order valence-corrected chi connectivity index (χ4v) is 5.86. The summed E-state index contributed by atoms with van der Waals surface area (Å²) in [5.41, 5.74) is 0.724. The molecule has 3 aliphatic heterocycles. The molecule has 176 valence electrons. The second-order valence-corrected chi connectivity index (χ2v) is 9.83. The average molecular weight is 476 g/mol. The van der Waals surface area contributed by atoms with Crippen LogP contribution in [0.15, 0.2) is 35.5 Å². The molecule has 1 unspecified atom stereocenters. The molecule has 0 spiro atoms. The molecule has 3 aliphatic rings. The standard InChI is InChI=1S/C22H25N3O7S/c1-9(26)14-17-22(2,33)15(16(21(31)32)25(17)19(14)28)11-7-13(23-8-11)18(27)24-12-5-3-4-10(6-12)20(29)30/h3-6,9,11,13-14,17,23,26,33H,7-8H2,1-2H3,(H,24,27)(H,29,30)(H,31,32)/t9?,11-,13+,14-,17+,22-/m1/s1. The molecule has 1 aromatic carbocycles. The normalized spacial score (nSPS) is 31.8. The Labute approximate surface area is 195 Å². The van der Waals surface area contributed by atoms with Gasteiger partial charge in [-0.1, -0.05) is 6.07 Å². The van der Waals surface area contributed by atoms with Gasteiger partial charge in [0.15, 0.2) is 0 Å². The van der Waals surface area contributed by atoms with Gasteiger partial charge in [0.1, 0.15) is 5.70 Å². The lowest BCUT2D eigenvalue weighted by Gasteiger charge is -2.49. The van der Waals surface area contributed by atoms with Gasteiger partial charge in [0.25, 0.3) is 0 Å². The van der Waals surface area contributed by atoms with Crippen LogP contribution in [0.4, 0.5) is 5.69 Å². The van der Waals surface area contributed by atoms with E-state index in [2.05, 4.69) is 10.6 Å². The molecule has 0 radical (unpaired) electrons. The lowest BCUT2D eigenvalue weighted by molar-refractivity contribution is -0.162. The van der Waals surface area contributed by atoms with Crippen LogP contribution in [-0.4, -0.2) is 73.5 Å². The van der Waals surface area contributed by atoms with Gasteiger partial charge in [0, 0.05) is 12.2 Å². The first-order chi connectivity index (χ1) is 15.4. The Morgan fingerprint density at radius 2 is 1.97 bits per heavy atom. The highest BCUT2D eigenvalue weighted by Crippen LogP contribution is 2.55. The Balaban J connectivity index is 1.55. The highest BCUT2D eigenvalue weighted by Gasteiger charge is 2.66. The third kappa shape index (κ3) is 3.69. The SMILES string of the molecule is CC(O)[C@H]1C(=O)N2C(C(=O)O)=C([C@H]3CN[C@H](C(=O)Nc4cccc(C(=O)O)c4)C3)[C@@](C)(S)[C@H]12. The van der Waals surface area contributed by atoms with Gasteiger partial charge in [-0.3, -0.25) is 14.5 Å². The summed E-state index contributed by atoms with van der Waals surface area (Å²) < 4.78 is -0.989. The summed E-state index contributed by atoms with van der Waals surface area (Å²) in [6.45, 7) is 3.55. The third-order valence-electron chi connectivity index (χ3n) is 6.71. The number of aliphatic hydroxyl groups is 1. The number of hydrogen-bond donors (Lipinski definition) is 6. The maximum Gasteiger partial charge on any atom is 0.352 e. The number of amides is 2. The molecule has 10 nitrogen and oxygen atoms in total. The number of carboxylic acid groups (broad SMARTS) is 2. The smallest absolute Gasteiger partial charge is 0.352 e. The van der Waals surface area contributed by atoms with Crippen LogP contribution in [0.2, 0.25) is 0 Å². The first-order valence-electron chi connectivity index (χ1n) is 10.5. The molecule has 0 bridgehead atoms. The molecular weight excluding hydrogens is 450 g/mol. The fourth-order valence-electron chi connectivity index (χ4n) is 5.30. The molecule has 0 aliphatic carbocycles. The summed E-state index contributed by atoms with van der Waals surface area (Å²) in [7, 11) is 0. The van der Waals surface area contributed by atoms with Crippen LogP contribution in [0.1, 0.15) is 30.6 Å². The number of nitrogens with zero attached hydrogens (tertiary/aromatic N) is 1. The number of aliphatic carboxylic acids is 1. The summed E-state index contributed by atoms with van der Waals surface area (Å²) in [5, 5.41) is 34.8. The second kappa shape index (κ2) is 8.15. The fraction of sp³-hybridized carbons (Fsp3) is 0.455. The zero-order chi connectivity index (χ0) is 24.2. The van der Waals surface area contributed by atoms with E-state index >= 15 is 0 Å². The minimum Gasteiger partial charge on any atom is -0.478 e. The summed E-state index contributed by atoms with van der Waals surface area (Å²) >= 11 is 4.75. The van der Waals surface area contributed by atoms with E-state index in [9.17, 15) is 29.4 Å². The zero-order valence-electron chi connectivity index (χ0n) is 18.0. The van der Waals surface area contributed by atoms with E-state index in [0.29, 0.717) is 17.8 Å². The van der Waals surface area contributed by atoms with Crippen molar-refractivity contribution in [1.29, 1.82) is 0 Å². The van der Waals surface area contributed by atoms with E-state index < -0.39 is 46.7 Å². The molecular formula is C22H25N3O7S. The van der Waals surface area contributed by atoms with Crippen molar-refractivity contribution in [2.24, 2.45) is 11.8 Å². The first-order valence-corrected chi connectivity index (χ1v) is 11.0. The second-order valence-electron chi connectivity index (χ2n) is 8.90. The highest BCUT2D eigenvalue weighted by molar-refractivity contribution is 7.82. The summed E-state index contributed by atoms with van der Waals surface area (Å²) in [6, 6.07) is 4.65. The van der Waals surface area contributed by atoms with Gasteiger partial charge in [0.2, 0.25) is 11.8 Å². The Bertz CT molecular complexity index is 1080. The zero-order valence-corrected chi connectivity index (χ0v) is 18.9. The molecule has 2 amide bonds. The molecule has 5 N–H and O–H groups in total. The van der Waals surface area contributed by atoms with E-state index in [1.807, 2.05) is 0 Å². The summed E-state index contributed by atoms with van der Waals surface area (Å²) in [4.78, 5) is 49.9. The first kappa shape index (κ1) is 23.3. The van der Waals surface area contributed by atoms with Crippen LogP contribution >= 0.6 is 12.6 Å². The number of hydrogen-bond acceptors (Lipinski definition) is 7. The lowest BCUT2D eigenvalue weighted by atomic mass is 9.75. The molecule has 33 heavy (non-hydrogen) atoms. The molecule has 1 aromatic rings. The maximum atomic E-state index is 12.8. The van der Waals surface area contributed by atoms with Gasteiger partial charge in [-0.05, 0) is 50.0 Å². The number of anilines is 1. The Kier molecular flexibility index (Phi) is 5.75. The highest BCUT2D eigenvalue weighted by atomic mass is 32.1. The molecule has 2 saturated heterocycles. The molecule has 6 atom stereocenters. The van der Waals surface area contributed by atoms with Crippen molar-refractivity contribution >= 4 is 42.1 Å². The van der Waals surface area contributed by atoms with Crippen molar-refractivity contribution in [1.82, 2.24) is 10.2 Å². The number of aromatic carboxylic acids is 1. The van der Waals surface area contributed by atoms with Crippen molar-refractivity contribution in [3.8, 4) is 0 Å². The number of benzene rings is 1. The van der Waals surface area contributed by atoms with Crippen molar-refractivity contribution < 1.29 is 34.5 Å². The number of β-lactam (4-membered cyclic amide) rings is 1. The number of fused-ring (bicyclic) bond motifs is 1. The van der Waals surface area contributed by atoms with Gasteiger partial charge in [-0.15, -0.1) is 0 Å². The molecule has 0 saturated carbocycles. The molecule has 4 rings (SSSR count). The van der Waals surface area contributed by atoms with Gasteiger partial charge >= 0.3 is 11.9 Å². The van der Waals surface area contributed by atoms with Crippen LogP contribution in [0.5, 0.6) is 0 Å². The van der Waals surface area contributed by atoms with E-state index in [4.69, 9.17) is 17.7 Å². The van der Waals surface area contributed by atoms with Crippen LogP contribution < -0.4 is 10.6 Å². The third-order valence-corrected chi connectivity index (χ3v) is 7.22. The largest absolute Gasteiger partial charge is 0.478 e. The van der Waals surface area contributed by atoms with E-state index in [-0.39, 0.29) is 29.5 Å². The van der Waals surface area contributed by atoms with Crippen LogP contribution in [0.3, 0.4) is 0 Å². The quantitative estimate of drug-likeness (QED) is 0.257. The van der Waals surface area contributed by atoms with Gasteiger partial charge in [0.05, 0.1) is 34.4 Å². The molecule has 11 heteroatoms. The molecule has 3 heterocycles. The van der Waals surface area contributed by atoms with Gasteiger partial charge in [-0.2, -0.15) is 12.6 Å². The average Bonchev–Trinajstić information content (AvgIpc) is 3.27. The van der Waals surface area contributed by atoms with Gasteiger partial charge in [-0.25, -0.2) is 9.59 Å². The Morgan fingerprint density at radius 1 is 1.27 bits per heavy atom. The molecule has 2 fully saturated rings. The number of nitrogens with one attached hydrogen (secondary N) is 2. The van der Waals surface area contributed by atoms with Gasteiger partial charge < -0.3 is 26.0 Å². The number of rotatable bonds is 6. The monoisotopic (exact) mass is 475 g/mol. The number of carbonyl (C=O) groups excluding carboxylic acids is 2. The van der Waals surface area contributed by atoms with Crippen LogP contribution in [-0.2, 0) is 14.4 Å².